The second-order valence-corrected chi connectivity index (χ2v) is 8.28. The number of esters is 1. The molecule has 3 aromatic rings. The number of fused-ring (bicyclic) bond motifs is 3. The number of carbonyl (C=O) groups excluding carboxylic acids is 2. The topological polar surface area (TPSA) is 64.6 Å². The first kappa shape index (κ1) is 17.9. The van der Waals surface area contributed by atoms with Crippen LogP contribution in [-0.4, -0.2) is 17.9 Å². The second kappa shape index (κ2) is 7.37. The fraction of sp³-hybridized carbons (Fsp3) is 0.217. The average Bonchev–Trinajstić information content (AvgIpc) is 3.45. The Bertz CT molecular complexity index is 1070. The van der Waals surface area contributed by atoms with Crippen LogP contribution in [-0.2, 0) is 16.1 Å². The van der Waals surface area contributed by atoms with Gasteiger partial charge in [0.15, 0.2) is 0 Å². The average molecular weight is 405 g/mol. The molecule has 146 valence electrons. The van der Waals surface area contributed by atoms with E-state index in [2.05, 4.69) is 5.32 Å². The summed E-state index contributed by atoms with van der Waals surface area (Å²) in [6.07, 6.45) is 0.975. The summed E-state index contributed by atoms with van der Waals surface area (Å²) in [4.78, 5) is 27.1. The van der Waals surface area contributed by atoms with E-state index in [9.17, 15) is 9.59 Å². The van der Waals surface area contributed by atoms with Gasteiger partial charge in [0, 0.05) is 27.6 Å². The Morgan fingerprint density at radius 1 is 1.07 bits per heavy atom. The highest BCUT2D eigenvalue weighted by Gasteiger charge is 2.32. The molecule has 1 fully saturated rings. The number of thiophene rings is 1. The van der Waals surface area contributed by atoms with Crippen molar-refractivity contribution in [3.63, 3.8) is 0 Å². The largest absolute Gasteiger partial charge is 0.488 e. The van der Waals surface area contributed by atoms with Gasteiger partial charge in [0.2, 0.25) is 6.10 Å². The zero-order valence-corrected chi connectivity index (χ0v) is 16.4. The fourth-order valence-corrected chi connectivity index (χ4v) is 4.45. The highest BCUT2D eigenvalue weighted by atomic mass is 32.1. The smallest absolute Gasteiger partial charge is 0.349 e. The molecule has 0 saturated heterocycles. The number of amides is 1. The van der Waals surface area contributed by atoms with Crippen LogP contribution in [0.15, 0.2) is 60.7 Å². The van der Waals surface area contributed by atoms with Gasteiger partial charge in [0.05, 0.1) is 0 Å². The molecule has 1 atom stereocenters. The molecule has 2 heterocycles. The monoisotopic (exact) mass is 405 g/mol. The summed E-state index contributed by atoms with van der Waals surface area (Å²) in [5.74, 6) is 0.0384. The quantitative estimate of drug-likeness (QED) is 0.636. The lowest BCUT2D eigenvalue weighted by atomic mass is 10.1. The van der Waals surface area contributed by atoms with E-state index in [0.29, 0.717) is 17.0 Å². The van der Waals surface area contributed by atoms with Gasteiger partial charge in [0.1, 0.15) is 17.2 Å². The number of rotatable bonds is 5. The van der Waals surface area contributed by atoms with Gasteiger partial charge in [-0.2, -0.15) is 0 Å². The zero-order chi connectivity index (χ0) is 19.8. The Hall–Kier alpha value is -3.12. The van der Waals surface area contributed by atoms with E-state index in [1.807, 2.05) is 42.5 Å². The molecule has 2 aromatic carbocycles. The molecule has 0 unspecified atom stereocenters. The van der Waals surface area contributed by atoms with Gasteiger partial charge < -0.3 is 14.8 Å². The van der Waals surface area contributed by atoms with E-state index in [-0.39, 0.29) is 11.9 Å². The molecule has 0 spiro atoms. The van der Waals surface area contributed by atoms with Crippen molar-refractivity contribution in [2.24, 2.45) is 0 Å². The van der Waals surface area contributed by atoms with E-state index in [1.54, 1.807) is 18.2 Å². The molecule has 6 heteroatoms. The lowest BCUT2D eigenvalue weighted by Crippen LogP contribution is -2.33. The molecule has 1 saturated carbocycles. The minimum Gasteiger partial charge on any atom is -0.488 e. The van der Waals surface area contributed by atoms with Crippen LogP contribution in [0.3, 0.4) is 0 Å². The lowest BCUT2D eigenvalue weighted by Gasteiger charge is -2.17. The summed E-state index contributed by atoms with van der Waals surface area (Å²) in [6.45, 7) is 0.417. The molecule has 5 nitrogen and oxygen atoms in total. The van der Waals surface area contributed by atoms with Gasteiger partial charge >= 0.3 is 5.97 Å². The summed E-state index contributed by atoms with van der Waals surface area (Å²) in [7, 11) is 0. The van der Waals surface area contributed by atoms with Crippen LogP contribution in [0.4, 0.5) is 0 Å². The molecule has 5 rings (SSSR count). The Kier molecular flexibility index (Phi) is 4.56. The first-order valence-corrected chi connectivity index (χ1v) is 10.4. The SMILES string of the molecule is O=C(O[C@@H](C(=O)NC1CC1)c1ccccc1)c1cc2c(s1)-c1ccccc1OC2. The van der Waals surface area contributed by atoms with E-state index < -0.39 is 12.1 Å². The summed E-state index contributed by atoms with van der Waals surface area (Å²) >= 11 is 1.38. The molecule has 29 heavy (non-hydrogen) atoms. The van der Waals surface area contributed by atoms with Gasteiger partial charge in [-0.25, -0.2) is 4.79 Å². The van der Waals surface area contributed by atoms with Crippen LogP contribution in [0.2, 0.25) is 0 Å². The van der Waals surface area contributed by atoms with Crippen LogP contribution in [0.1, 0.15) is 39.7 Å². The van der Waals surface area contributed by atoms with Gasteiger partial charge in [-0.05, 0) is 31.0 Å². The summed E-state index contributed by atoms with van der Waals surface area (Å²) in [6, 6.07) is 18.9. The van der Waals surface area contributed by atoms with Crippen LogP contribution < -0.4 is 10.1 Å². The number of benzene rings is 2. The van der Waals surface area contributed by atoms with Crippen LogP contribution in [0, 0.1) is 0 Å². The number of nitrogens with one attached hydrogen (secondary N) is 1. The van der Waals surface area contributed by atoms with Crippen molar-refractivity contribution in [2.75, 3.05) is 0 Å². The Morgan fingerprint density at radius 3 is 2.62 bits per heavy atom. The molecule has 1 amide bonds. The van der Waals surface area contributed by atoms with Gasteiger partial charge in [0.25, 0.3) is 5.91 Å². The first-order chi connectivity index (χ1) is 14.2. The number of carbonyl (C=O) groups is 2. The van der Waals surface area contributed by atoms with E-state index >= 15 is 0 Å². The molecule has 1 aliphatic heterocycles. The number of hydrogen-bond acceptors (Lipinski definition) is 5. The van der Waals surface area contributed by atoms with E-state index in [4.69, 9.17) is 9.47 Å². The molecule has 0 radical (unpaired) electrons. The number of ether oxygens (including phenoxy) is 2. The molecule has 1 N–H and O–H groups in total. The minimum atomic E-state index is -0.966. The van der Waals surface area contributed by atoms with Crippen molar-refractivity contribution >= 4 is 23.2 Å². The van der Waals surface area contributed by atoms with Crippen LogP contribution in [0.25, 0.3) is 10.4 Å². The standard InChI is InChI=1S/C23H19NO4S/c25-22(24-16-10-11-16)20(14-6-2-1-3-7-14)28-23(26)19-12-15-13-27-18-9-5-4-8-17(18)21(15)29-19/h1-9,12,16,20H,10-11,13H2,(H,24,25)/t20-/m1/s1. The fourth-order valence-electron chi connectivity index (χ4n) is 3.37. The van der Waals surface area contributed by atoms with E-state index in [1.165, 1.54) is 11.3 Å². The number of hydrogen-bond donors (Lipinski definition) is 1. The molecular weight excluding hydrogens is 386 g/mol. The Labute approximate surface area is 172 Å². The van der Waals surface area contributed by atoms with E-state index in [0.717, 1.165) is 34.6 Å². The molecule has 1 aromatic heterocycles. The normalized spacial score (nSPS) is 15.4. The maximum absolute atomic E-state index is 12.9. The number of para-hydroxylation sites is 1. The van der Waals surface area contributed by atoms with Crippen molar-refractivity contribution in [1.29, 1.82) is 0 Å². The predicted octanol–water partition coefficient (Wildman–Crippen LogP) is 4.48. The summed E-state index contributed by atoms with van der Waals surface area (Å²) in [5, 5.41) is 2.94. The third-order valence-electron chi connectivity index (χ3n) is 5.01. The highest BCUT2D eigenvalue weighted by Crippen LogP contribution is 2.42. The van der Waals surface area contributed by atoms with Crippen LogP contribution in [0.5, 0.6) is 5.75 Å². The van der Waals surface area contributed by atoms with Crippen molar-refractivity contribution in [3.05, 3.63) is 76.7 Å². The first-order valence-electron chi connectivity index (χ1n) is 9.60. The maximum atomic E-state index is 12.9. The van der Waals surface area contributed by atoms with Gasteiger partial charge in [-0.1, -0.05) is 42.5 Å². The Morgan fingerprint density at radius 2 is 1.83 bits per heavy atom. The highest BCUT2D eigenvalue weighted by molar-refractivity contribution is 7.17. The van der Waals surface area contributed by atoms with Crippen LogP contribution >= 0.6 is 11.3 Å². The van der Waals surface area contributed by atoms with Crippen molar-refractivity contribution in [2.45, 2.75) is 31.6 Å². The van der Waals surface area contributed by atoms with Crippen molar-refractivity contribution < 1.29 is 19.1 Å². The van der Waals surface area contributed by atoms with Gasteiger partial charge in [-0.15, -0.1) is 11.3 Å². The maximum Gasteiger partial charge on any atom is 0.349 e. The summed E-state index contributed by atoms with van der Waals surface area (Å²) in [5.41, 5.74) is 2.59. The third kappa shape index (κ3) is 3.63. The molecule has 1 aliphatic carbocycles. The zero-order valence-electron chi connectivity index (χ0n) is 15.6. The molecular formula is C23H19NO4S. The molecule has 0 bridgehead atoms. The third-order valence-corrected chi connectivity index (χ3v) is 6.20. The van der Waals surface area contributed by atoms with Crippen molar-refractivity contribution in [3.8, 4) is 16.2 Å². The second-order valence-electron chi connectivity index (χ2n) is 7.23. The van der Waals surface area contributed by atoms with Gasteiger partial charge in [-0.3, -0.25) is 4.79 Å². The summed E-state index contributed by atoms with van der Waals surface area (Å²) < 4.78 is 11.5. The predicted molar refractivity (Wildman–Crippen MR) is 110 cm³/mol. The lowest BCUT2D eigenvalue weighted by molar-refractivity contribution is -0.130. The molecule has 2 aliphatic rings. The minimum absolute atomic E-state index is 0.190. The Balaban J connectivity index is 1.41. The van der Waals surface area contributed by atoms with Crippen molar-refractivity contribution in [1.82, 2.24) is 5.32 Å².